The first-order chi connectivity index (χ1) is 9.21. The van der Waals surface area contributed by atoms with Crippen LogP contribution in [0.1, 0.15) is 5.56 Å². The van der Waals surface area contributed by atoms with Gasteiger partial charge in [0.05, 0.1) is 10.7 Å². The minimum Gasteiger partial charge on any atom is -0.382 e. The predicted molar refractivity (Wildman–Crippen MR) is 68.9 cm³/mol. The molecule has 1 aromatic carbocycles. The van der Waals surface area contributed by atoms with Crippen molar-refractivity contribution in [1.82, 2.24) is 4.72 Å². The zero-order valence-corrected chi connectivity index (χ0v) is 11.0. The number of sulfonamides is 1. The number of aliphatic hydroxyl groups excluding tert-OH is 1. The van der Waals surface area contributed by atoms with Crippen LogP contribution in [0.2, 0.25) is 0 Å². The number of carbonyl (C=O) groups is 1. The summed E-state index contributed by atoms with van der Waals surface area (Å²) in [5.74, 6) is -1.47. The van der Waals surface area contributed by atoms with E-state index >= 15 is 0 Å². The summed E-state index contributed by atoms with van der Waals surface area (Å²) in [5.41, 5.74) is 4.96. The summed E-state index contributed by atoms with van der Waals surface area (Å²) in [7, 11) is -3.78. The molecule has 0 aliphatic rings. The van der Waals surface area contributed by atoms with Gasteiger partial charge in [-0.2, -0.15) is 0 Å². The maximum atomic E-state index is 11.6. The van der Waals surface area contributed by atoms with Gasteiger partial charge in [-0.25, -0.2) is 13.1 Å². The Bertz CT molecular complexity index is 598. The minimum atomic E-state index is -3.78. The van der Waals surface area contributed by atoms with Gasteiger partial charge >= 0.3 is 0 Å². The summed E-state index contributed by atoms with van der Waals surface area (Å²) in [6, 6.07) is 4.98. The van der Waals surface area contributed by atoms with E-state index in [0.717, 1.165) is 0 Å². The van der Waals surface area contributed by atoms with Crippen molar-refractivity contribution >= 4 is 21.6 Å². The lowest BCUT2D eigenvalue weighted by Gasteiger charge is -2.09. The number of non-ortho nitro benzene ring substituents is 1. The van der Waals surface area contributed by atoms with E-state index in [1.165, 1.54) is 24.3 Å². The molecular formula is C10H13N3O6S. The molecule has 0 radical (unpaired) electrons. The zero-order valence-electron chi connectivity index (χ0n) is 10.2. The van der Waals surface area contributed by atoms with Crippen LogP contribution >= 0.6 is 0 Å². The van der Waals surface area contributed by atoms with Crippen molar-refractivity contribution in [3.05, 3.63) is 39.9 Å². The van der Waals surface area contributed by atoms with Gasteiger partial charge in [-0.1, -0.05) is 12.1 Å². The fraction of sp³-hybridized carbons (Fsp3) is 0.300. The summed E-state index contributed by atoms with van der Waals surface area (Å²) in [5, 5.41) is 19.5. The van der Waals surface area contributed by atoms with E-state index in [9.17, 15) is 23.3 Å². The first-order valence-electron chi connectivity index (χ1n) is 5.39. The highest BCUT2D eigenvalue weighted by Gasteiger charge is 2.17. The van der Waals surface area contributed by atoms with Crippen molar-refractivity contribution in [1.29, 1.82) is 0 Å². The molecule has 0 spiro atoms. The summed E-state index contributed by atoms with van der Waals surface area (Å²) in [4.78, 5) is 20.4. The van der Waals surface area contributed by atoms with Crippen molar-refractivity contribution in [3.8, 4) is 0 Å². The van der Waals surface area contributed by atoms with Gasteiger partial charge in [0.15, 0.2) is 0 Å². The number of hydrogen-bond acceptors (Lipinski definition) is 6. The number of rotatable bonds is 7. The van der Waals surface area contributed by atoms with Crippen LogP contribution in [0.5, 0.6) is 0 Å². The van der Waals surface area contributed by atoms with Crippen LogP contribution in [-0.4, -0.2) is 37.0 Å². The summed E-state index contributed by atoms with van der Waals surface area (Å²) in [6.45, 7) is -0.523. The first kappa shape index (κ1) is 16.0. The first-order valence-corrected chi connectivity index (χ1v) is 7.04. The van der Waals surface area contributed by atoms with Gasteiger partial charge in [0.25, 0.3) is 5.69 Å². The van der Waals surface area contributed by atoms with Crippen molar-refractivity contribution in [2.24, 2.45) is 5.73 Å². The second-order valence-electron chi connectivity index (χ2n) is 3.95. The van der Waals surface area contributed by atoms with E-state index in [1.54, 1.807) is 0 Å². The molecule has 0 aromatic heterocycles. The number of aliphatic hydroxyl groups is 1. The molecule has 0 fully saturated rings. The monoisotopic (exact) mass is 303 g/mol. The Hall–Kier alpha value is -2.04. The van der Waals surface area contributed by atoms with Gasteiger partial charge in [-0.15, -0.1) is 0 Å². The number of primary amides is 1. The second kappa shape index (κ2) is 6.41. The van der Waals surface area contributed by atoms with E-state index in [-0.39, 0.29) is 5.69 Å². The van der Waals surface area contributed by atoms with Gasteiger partial charge in [-0.05, 0) is 5.56 Å². The minimum absolute atomic E-state index is 0.150. The maximum absolute atomic E-state index is 11.6. The predicted octanol–water partition coefficient (Wildman–Crippen LogP) is -1.14. The van der Waals surface area contributed by atoms with Gasteiger partial charge in [0.2, 0.25) is 15.9 Å². The third kappa shape index (κ3) is 4.91. The zero-order chi connectivity index (χ0) is 15.3. The fourth-order valence-corrected chi connectivity index (χ4v) is 2.44. The quantitative estimate of drug-likeness (QED) is 0.427. The number of hydrogen-bond donors (Lipinski definition) is 3. The highest BCUT2D eigenvalue weighted by atomic mass is 32.2. The van der Waals surface area contributed by atoms with E-state index in [2.05, 4.69) is 0 Å². The van der Waals surface area contributed by atoms with Gasteiger partial charge in [-0.3, -0.25) is 14.9 Å². The largest absolute Gasteiger partial charge is 0.382 e. The third-order valence-electron chi connectivity index (χ3n) is 2.33. The Morgan fingerprint density at radius 2 is 1.95 bits per heavy atom. The number of nitrogens with two attached hydrogens (primary N) is 1. The van der Waals surface area contributed by atoms with Crippen molar-refractivity contribution in [2.75, 3.05) is 6.54 Å². The number of benzene rings is 1. The molecule has 1 aromatic rings. The topological polar surface area (TPSA) is 153 Å². The van der Waals surface area contributed by atoms with Gasteiger partial charge in [0.1, 0.15) is 6.10 Å². The normalized spacial score (nSPS) is 12.8. The van der Waals surface area contributed by atoms with Crippen molar-refractivity contribution < 1.29 is 23.2 Å². The fourth-order valence-electron chi connectivity index (χ4n) is 1.29. The molecule has 0 aliphatic heterocycles. The van der Waals surface area contributed by atoms with Crippen LogP contribution in [0.15, 0.2) is 24.3 Å². The molecule has 1 rings (SSSR count). The van der Waals surface area contributed by atoms with Crippen molar-refractivity contribution in [2.45, 2.75) is 11.9 Å². The summed E-state index contributed by atoms with van der Waals surface area (Å²) < 4.78 is 25.3. The molecule has 9 nitrogen and oxygen atoms in total. The number of amides is 1. The number of carbonyl (C=O) groups excluding carboxylic acids is 1. The van der Waals surface area contributed by atoms with E-state index in [0.29, 0.717) is 5.56 Å². The maximum Gasteiger partial charge on any atom is 0.269 e. The smallest absolute Gasteiger partial charge is 0.269 e. The Balaban J connectivity index is 2.66. The number of nitrogens with one attached hydrogen (secondary N) is 1. The lowest BCUT2D eigenvalue weighted by atomic mass is 10.2. The molecule has 0 saturated heterocycles. The van der Waals surface area contributed by atoms with Gasteiger partial charge < -0.3 is 10.8 Å². The molecule has 4 N–H and O–H groups in total. The second-order valence-corrected chi connectivity index (χ2v) is 5.76. The SMILES string of the molecule is NC(=O)C(O)CNS(=O)(=O)Cc1ccc([N+](=O)[O-])cc1. The highest BCUT2D eigenvalue weighted by Crippen LogP contribution is 2.13. The van der Waals surface area contributed by atoms with Crippen LogP contribution in [0, 0.1) is 10.1 Å². The summed E-state index contributed by atoms with van der Waals surface area (Å²) >= 11 is 0. The highest BCUT2D eigenvalue weighted by molar-refractivity contribution is 7.88. The third-order valence-corrected chi connectivity index (χ3v) is 3.65. The molecule has 10 heteroatoms. The number of nitrogens with zero attached hydrogens (tertiary/aromatic N) is 1. The Morgan fingerprint density at radius 3 is 2.40 bits per heavy atom. The Morgan fingerprint density at radius 1 is 1.40 bits per heavy atom. The molecule has 0 heterocycles. The van der Waals surface area contributed by atoms with Crippen LogP contribution in [0.25, 0.3) is 0 Å². The molecule has 1 unspecified atom stereocenters. The molecule has 20 heavy (non-hydrogen) atoms. The Labute approximate surface area is 114 Å². The molecule has 1 amide bonds. The van der Waals surface area contributed by atoms with Crippen LogP contribution in [0.4, 0.5) is 5.69 Å². The lowest BCUT2D eigenvalue weighted by molar-refractivity contribution is -0.384. The van der Waals surface area contributed by atoms with Crippen LogP contribution in [0.3, 0.4) is 0 Å². The molecule has 0 bridgehead atoms. The molecule has 0 aliphatic carbocycles. The van der Waals surface area contributed by atoms with E-state index in [1.807, 2.05) is 4.72 Å². The Kier molecular flexibility index (Phi) is 5.13. The molecule has 1 atom stereocenters. The van der Waals surface area contributed by atoms with E-state index in [4.69, 9.17) is 10.8 Å². The van der Waals surface area contributed by atoms with Gasteiger partial charge in [0, 0.05) is 18.7 Å². The van der Waals surface area contributed by atoms with E-state index < -0.39 is 39.3 Å². The molecule has 110 valence electrons. The van der Waals surface area contributed by atoms with Crippen molar-refractivity contribution in [3.63, 3.8) is 0 Å². The standard InChI is InChI=1S/C10H13N3O6S/c11-10(15)9(14)5-12-20(18,19)6-7-1-3-8(4-2-7)13(16)17/h1-4,9,12,14H,5-6H2,(H2,11,15). The number of nitro benzene ring substituents is 1. The average Bonchev–Trinajstić information content (AvgIpc) is 2.36. The lowest BCUT2D eigenvalue weighted by Crippen LogP contribution is -2.40. The molecule has 0 saturated carbocycles. The average molecular weight is 303 g/mol. The summed E-state index contributed by atoms with van der Waals surface area (Å²) in [6.07, 6.45) is -1.61. The number of nitro groups is 1. The molecular weight excluding hydrogens is 290 g/mol. The van der Waals surface area contributed by atoms with Crippen LogP contribution < -0.4 is 10.5 Å². The van der Waals surface area contributed by atoms with Crippen LogP contribution in [-0.2, 0) is 20.6 Å².